The molecule has 1 saturated carbocycles. The molecule has 1 amide bonds. The summed E-state index contributed by atoms with van der Waals surface area (Å²) in [7, 11) is 1.41. The summed E-state index contributed by atoms with van der Waals surface area (Å²) in [6, 6.07) is 4.70. The summed E-state index contributed by atoms with van der Waals surface area (Å²) in [6.07, 6.45) is 4.45. The molecule has 0 bridgehead atoms. The van der Waals surface area contributed by atoms with E-state index in [1.54, 1.807) is 6.07 Å². The summed E-state index contributed by atoms with van der Waals surface area (Å²) in [6.45, 7) is 2.63. The van der Waals surface area contributed by atoms with Gasteiger partial charge in [-0.3, -0.25) is 4.79 Å². The fourth-order valence-corrected chi connectivity index (χ4v) is 2.75. The predicted molar refractivity (Wildman–Crippen MR) is 71.9 cm³/mol. The molecular formula is C15H20FNO2. The first-order valence-corrected chi connectivity index (χ1v) is 6.82. The van der Waals surface area contributed by atoms with Crippen LogP contribution in [0, 0.1) is 5.82 Å². The van der Waals surface area contributed by atoms with E-state index in [0.717, 1.165) is 12.8 Å². The summed E-state index contributed by atoms with van der Waals surface area (Å²) >= 11 is 0. The lowest BCUT2D eigenvalue weighted by molar-refractivity contribution is 0.0693. The quantitative estimate of drug-likeness (QED) is 0.836. The summed E-state index contributed by atoms with van der Waals surface area (Å²) in [5.41, 5.74) is 0.395. The van der Waals surface area contributed by atoms with Crippen molar-refractivity contribution < 1.29 is 13.9 Å². The molecule has 1 aromatic rings. The van der Waals surface area contributed by atoms with Crippen molar-refractivity contribution in [1.82, 2.24) is 4.90 Å². The topological polar surface area (TPSA) is 29.5 Å². The maximum absolute atomic E-state index is 13.7. The zero-order valence-corrected chi connectivity index (χ0v) is 11.5. The summed E-state index contributed by atoms with van der Waals surface area (Å²) in [5, 5.41) is 0. The zero-order valence-electron chi connectivity index (χ0n) is 11.5. The van der Waals surface area contributed by atoms with Crippen molar-refractivity contribution in [2.75, 3.05) is 13.7 Å². The molecule has 0 heterocycles. The molecule has 0 spiro atoms. The first kappa shape index (κ1) is 13.8. The third-order valence-corrected chi connectivity index (χ3v) is 3.77. The molecule has 1 aromatic carbocycles. The molecule has 3 nitrogen and oxygen atoms in total. The van der Waals surface area contributed by atoms with Crippen LogP contribution in [0.25, 0.3) is 0 Å². The monoisotopic (exact) mass is 265 g/mol. The smallest absolute Gasteiger partial charge is 0.254 e. The highest BCUT2D eigenvalue weighted by molar-refractivity contribution is 5.94. The van der Waals surface area contributed by atoms with Crippen molar-refractivity contribution in [1.29, 1.82) is 0 Å². The minimum absolute atomic E-state index is 0.0871. The highest BCUT2D eigenvalue weighted by Crippen LogP contribution is 2.26. The number of carbonyl (C=O) groups excluding carboxylic acids is 1. The van der Waals surface area contributed by atoms with Crippen LogP contribution >= 0.6 is 0 Å². The normalized spacial score (nSPS) is 15.5. The molecule has 2 rings (SSSR count). The second-order valence-corrected chi connectivity index (χ2v) is 4.88. The molecular weight excluding hydrogens is 245 g/mol. The van der Waals surface area contributed by atoms with Gasteiger partial charge in [0.15, 0.2) is 11.6 Å². The van der Waals surface area contributed by atoms with Crippen LogP contribution in [0.5, 0.6) is 5.75 Å². The lowest BCUT2D eigenvalue weighted by Crippen LogP contribution is -2.38. The number of halogens is 1. The Balaban J connectivity index is 2.19. The van der Waals surface area contributed by atoms with Gasteiger partial charge in [0.1, 0.15) is 0 Å². The molecule has 1 fully saturated rings. The number of hydrogen-bond donors (Lipinski definition) is 0. The Hall–Kier alpha value is -1.58. The Kier molecular flexibility index (Phi) is 4.40. The van der Waals surface area contributed by atoms with E-state index in [0.29, 0.717) is 18.2 Å². The van der Waals surface area contributed by atoms with Crippen LogP contribution in [0.3, 0.4) is 0 Å². The minimum atomic E-state index is -0.490. The van der Waals surface area contributed by atoms with Crippen LogP contribution in [0.15, 0.2) is 18.2 Å². The van der Waals surface area contributed by atoms with Crippen molar-refractivity contribution >= 4 is 5.91 Å². The highest BCUT2D eigenvalue weighted by atomic mass is 19.1. The average Bonchev–Trinajstić information content (AvgIpc) is 2.93. The van der Waals surface area contributed by atoms with Crippen LogP contribution in [-0.2, 0) is 0 Å². The van der Waals surface area contributed by atoms with Gasteiger partial charge in [0, 0.05) is 18.2 Å². The lowest BCUT2D eigenvalue weighted by Gasteiger charge is -2.27. The molecule has 0 saturated heterocycles. The van der Waals surface area contributed by atoms with Gasteiger partial charge in [-0.05, 0) is 38.0 Å². The summed E-state index contributed by atoms with van der Waals surface area (Å²) < 4.78 is 18.5. The molecule has 0 aromatic heterocycles. The van der Waals surface area contributed by atoms with E-state index in [1.807, 2.05) is 11.8 Å². The Morgan fingerprint density at radius 3 is 2.63 bits per heavy atom. The van der Waals surface area contributed by atoms with E-state index in [4.69, 9.17) is 4.74 Å². The summed E-state index contributed by atoms with van der Waals surface area (Å²) in [5.74, 6) is -0.410. The molecule has 0 unspecified atom stereocenters. The highest BCUT2D eigenvalue weighted by Gasteiger charge is 2.26. The molecule has 0 atom stereocenters. The molecule has 0 N–H and O–H groups in total. The van der Waals surface area contributed by atoms with Gasteiger partial charge in [0.05, 0.1) is 7.11 Å². The molecule has 0 radical (unpaired) electrons. The number of methoxy groups -OCH3 is 1. The standard InChI is InChI=1S/C15H20FNO2/c1-3-17(12-6-4-5-7-12)15(18)11-8-9-14(19-2)13(16)10-11/h8-10,12H,3-7H2,1-2H3. The van der Waals surface area contributed by atoms with Gasteiger partial charge in [-0.25, -0.2) is 4.39 Å². The SMILES string of the molecule is CCN(C(=O)c1ccc(OC)c(F)c1)C1CCCC1. The van der Waals surface area contributed by atoms with E-state index in [2.05, 4.69) is 0 Å². The predicted octanol–water partition coefficient (Wildman–Crippen LogP) is 3.24. The van der Waals surface area contributed by atoms with Crippen LogP contribution in [0.4, 0.5) is 4.39 Å². The Labute approximate surface area is 113 Å². The molecule has 104 valence electrons. The van der Waals surface area contributed by atoms with Crippen molar-refractivity contribution in [3.05, 3.63) is 29.6 Å². The second-order valence-electron chi connectivity index (χ2n) is 4.88. The number of ether oxygens (including phenoxy) is 1. The van der Waals surface area contributed by atoms with Gasteiger partial charge in [0.2, 0.25) is 0 Å². The number of nitrogens with zero attached hydrogens (tertiary/aromatic N) is 1. The molecule has 19 heavy (non-hydrogen) atoms. The largest absolute Gasteiger partial charge is 0.494 e. The van der Waals surface area contributed by atoms with Gasteiger partial charge >= 0.3 is 0 Å². The van der Waals surface area contributed by atoms with E-state index < -0.39 is 5.82 Å². The number of hydrogen-bond acceptors (Lipinski definition) is 2. The van der Waals surface area contributed by atoms with Crippen LogP contribution < -0.4 is 4.74 Å². The third kappa shape index (κ3) is 2.88. The lowest BCUT2D eigenvalue weighted by atomic mass is 10.1. The first-order chi connectivity index (χ1) is 9.17. The second kappa shape index (κ2) is 6.04. The van der Waals surface area contributed by atoms with Gasteiger partial charge in [-0.2, -0.15) is 0 Å². The Morgan fingerprint density at radius 1 is 1.42 bits per heavy atom. The van der Waals surface area contributed by atoms with E-state index in [1.165, 1.54) is 32.1 Å². The fraction of sp³-hybridized carbons (Fsp3) is 0.533. The maximum Gasteiger partial charge on any atom is 0.254 e. The van der Waals surface area contributed by atoms with Crippen molar-refractivity contribution in [3.63, 3.8) is 0 Å². The van der Waals surface area contributed by atoms with E-state index in [9.17, 15) is 9.18 Å². The minimum Gasteiger partial charge on any atom is -0.494 e. The number of amides is 1. The van der Waals surface area contributed by atoms with Gasteiger partial charge < -0.3 is 9.64 Å². The third-order valence-electron chi connectivity index (χ3n) is 3.77. The van der Waals surface area contributed by atoms with Gasteiger partial charge in [-0.1, -0.05) is 12.8 Å². The fourth-order valence-electron chi connectivity index (χ4n) is 2.75. The Morgan fingerprint density at radius 2 is 2.11 bits per heavy atom. The van der Waals surface area contributed by atoms with Crippen LogP contribution in [0.2, 0.25) is 0 Å². The molecule has 0 aliphatic heterocycles. The molecule has 1 aliphatic carbocycles. The molecule has 4 heteroatoms. The van der Waals surface area contributed by atoms with Gasteiger partial charge in [0.25, 0.3) is 5.91 Å². The Bertz CT molecular complexity index is 455. The average molecular weight is 265 g/mol. The number of carbonyl (C=O) groups is 1. The van der Waals surface area contributed by atoms with E-state index >= 15 is 0 Å². The molecule has 1 aliphatic rings. The maximum atomic E-state index is 13.7. The van der Waals surface area contributed by atoms with Gasteiger partial charge in [-0.15, -0.1) is 0 Å². The number of benzene rings is 1. The van der Waals surface area contributed by atoms with Crippen LogP contribution in [-0.4, -0.2) is 30.5 Å². The zero-order chi connectivity index (χ0) is 13.8. The van der Waals surface area contributed by atoms with Crippen molar-refractivity contribution in [2.24, 2.45) is 0 Å². The van der Waals surface area contributed by atoms with E-state index in [-0.39, 0.29) is 11.7 Å². The van der Waals surface area contributed by atoms with Crippen LogP contribution in [0.1, 0.15) is 43.0 Å². The number of rotatable bonds is 4. The first-order valence-electron chi connectivity index (χ1n) is 6.82. The van der Waals surface area contributed by atoms with Crippen molar-refractivity contribution in [2.45, 2.75) is 38.6 Å². The van der Waals surface area contributed by atoms with Crippen molar-refractivity contribution in [3.8, 4) is 5.75 Å². The summed E-state index contributed by atoms with van der Waals surface area (Å²) in [4.78, 5) is 14.3.